The van der Waals surface area contributed by atoms with Crippen LogP contribution in [0.5, 0.6) is 0 Å². The first-order valence-corrected chi connectivity index (χ1v) is 9.61. The number of hydrogen-bond donors (Lipinski definition) is 0. The van der Waals surface area contributed by atoms with Gasteiger partial charge in [-0.25, -0.2) is 4.98 Å². The molecule has 0 bridgehead atoms. The summed E-state index contributed by atoms with van der Waals surface area (Å²) in [7, 11) is 0. The van der Waals surface area contributed by atoms with E-state index in [4.69, 9.17) is 17.8 Å². The number of para-hydroxylation sites is 2. The number of fused-ring (bicyclic) bond motifs is 3. The van der Waals surface area contributed by atoms with Gasteiger partial charge in [0.15, 0.2) is 0 Å². The summed E-state index contributed by atoms with van der Waals surface area (Å²) in [5.74, 6) is -0.617. The topological polar surface area (TPSA) is 17.8 Å². The highest BCUT2D eigenvalue weighted by atomic mass is 15.1. The number of aromatic nitrogens is 2. The minimum atomic E-state index is -3.24. The van der Waals surface area contributed by atoms with Crippen molar-refractivity contribution in [2.24, 2.45) is 0 Å². The minimum absolute atomic E-state index is 0.0760. The summed E-state index contributed by atoms with van der Waals surface area (Å²) in [5.41, 5.74) is 0.655. The van der Waals surface area contributed by atoms with E-state index in [1.165, 1.54) is 12.1 Å². The van der Waals surface area contributed by atoms with Gasteiger partial charge in [0, 0.05) is 24.0 Å². The second-order valence-corrected chi connectivity index (χ2v) is 6.97. The van der Waals surface area contributed by atoms with Gasteiger partial charge in [0.25, 0.3) is 0 Å². The molecule has 2 heteroatoms. The van der Waals surface area contributed by atoms with Gasteiger partial charge in [0.2, 0.25) is 0 Å². The Morgan fingerprint density at radius 3 is 2.10 bits per heavy atom. The largest absolute Gasteiger partial charge is 0.295 e. The van der Waals surface area contributed by atoms with Crippen LogP contribution < -0.4 is 0 Å². The van der Waals surface area contributed by atoms with E-state index in [9.17, 15) is 0 Å². The zero-order valence-corrected chi connectivity index (χ0v) is 16.1. The molecule has 0 aliphatic carbocycles. The van der Waals surface area contributed by atoms with Gasteiger partial charge < -0.3 is 0 Å². The SMILES string of the molecule is [2H]c1c([2H])c([2H])c2c(-n3c(C([2H])([2H])C([2H])([2H])[2H])nc4ccccc43)c3c([2H])c([2H])c([2H])c([2H])c3c(-c3ccccc3)c2c1[2H]. The molecule has 6 rings (SSSR count). The van der Waals surface area contributed by atoms with Crippen molar-refractivity contribution in [2.75, 3.05) is 0 Å². The van der Waals surface area contributed by atoms with Gasteiger partial charge in [-0.15, -0.1) is 0 Å². The van der Waals surface area contributed by atoms with Crippen LogP contribution in [-0.4, -0.2) is 9.55 Å². The van der Waals surface area contributed by atoms with E-state index in [-0.39, 0.29) is 43.8 Å². The van der Waals surface area contributed by atoms with Gasteiger partial charge in [-0.1, -0.05) is 97.7 Å². The maximum atomic E-state index is 9.06. The third kappa shape index (κ3) is 2.69. The lowest BCUT2D eigenvalue weighted by molar-refractivity contribution is 0.917. The fraction of sp³-hybridized carbons (Fsp3) is 0.0690. The third-order valence-corrected chi connectivity index (χ3v) is 5.31. The maximum absolute atomic E-state index is 9.06. The van der Waals surface area contributed by atoms with Crippen molar-refractivity contribution in [1.29, 1.82) is 0 Å². The maximum Gasteiger partial charge on any atom is 0.114 e. The van der Waals surface area contributed by atoms with Gasteiger partial charge in [-0.05, 0) is 34.0 Å². The van der Waals surface area contributed by atoms with Gasteiger partial charge in [0.1, 0.15) is 5.82 Å². The number of benzene rings is 5. The highest BCUT2D eigenvalue weighted by Gasteiger charge is 2.19. The van der Waals surface area contributed by atoms with Crippen molar-refractivity contribution in [3.8, 4) is 16.8 Å². The Kier molecular flexibility index (Phi) is 2.08. The number of rotatable bonds is 3. The molecule has 0 N–H and O–H groups in total. The van der Waals surface area contributed by atoms with Crippen LogP contribution in [0.3, 0.4) is 0 Å². The Morgan fingerprint density at radius 1 is 0.806 bits per heavy atom. The number of aryl methyl sites for hydroxylation is 1. The molecule has 0 unspecified atom stereocenters. The summed E-state index contributed by atoms with van der Waals surface area (Å²) in [6.07, 6.45) is -3.10. The third-order valence-electron chi connectivity index (χ3n) is 5.31. The van der Waals surface area contributed by atoms with Crippen LogP contribution in [0.2, 0.25) is 0 Å². The molecule has 1 aromatic heterocycles. The smallest absolute Gasteiger partial charge is 0.114 e. The summed E-state index contributed by atoms with van der Waals surface area (Å²) in [4.78, 5) is 4.35. The molecular weight excluding hydrogens is 376 g/mol. The molecule has 0 radical (unpaired) electrons. The van der Waals surface area contributed by atoms with Gasteiger partial charge in [-0.3, -0.25) is 4.57 Å². The molecule has 31 heavy (non-hydrogen) atoms. The van der Waals surface area contributed by atoms with E-state index in [2.05, 4.69) is 4.98 Å². The van der Waals surface area contributed by atoms with Crippen molar-refractivity contribution in [1.82, 2.24) is 9.55 Å². The van der Waals surface area contributed by atoms with Crippen LogP contribution in [-0.2, 0) is 6.37 Å². The first-order valence-electron chi connectivity index (χ1n) is 16.1. The number of nitrogens with zero attached hydrogens (tertiary/aromatic N) is 2. The Hall–Kier alpha value is -3.91. The van der Waals surface area contributed by atoms with Crippen molar-refractivity contribution in [3.05, 3.63) is 109 Å². The Balaban J connectivity index is 2.06. The molecule has 0 saturated carbocycles. The summed E-state index contributed by atoms with van der Waals surface area (Å²) in [5, 5.41) is -0.517. The molecule has 0 aliphatic heterocycles. The van der Waals surface area contributed by atoms with Crippen LogP contribution in [0.25, 0.3) is 49.4 Å². The lowest BCUT2D eigenvalue weighted by Gasteiger charge is -2.19. The van der Waals surface area contributed by atoms with Crippen LogP contribution >= 0.6 is 0 Å². The molecule has 0 fully saturated rings. The number of imidazole rings is 1. The lowest BCUT2D eigenvalue weighted by atomic mass is 9.90. The Bertz CT molecular complexity index is 2090. The molecule has 2 nitrogen and oxygen atoms in total. The van der Waals surface area contributed by atoms with E-state index in [1.807, 2.05) is 0 Å². The van der Waals surface area contributed by atoms with Gasteiger partial charge in [-0.2, -0.15) is 0 Å². The highest BCUT2D eigenvalue weighted by molar-refractivity contribution is 6.18. The zero-order chi connectivity index (χ0) is 32.0. The van der Waals surface area contributed by atoms with Crippen LogP contribution in [0, 0.1) is 0 Å². The Morgan fingerprint density at radius 2 is 1.42 bits per heavy atom. The summed E-state index contributed by atoms with van der Waals surface area (Å²) >= 11 is 0. The predicted molar refractivity (Wildman–Crippen MR) is 131 cm³/mol. The second kappa shape index (κ2) is 7.10. The molecule has 0 amide bonds. The van der Waals surface area contributed by atoms with Crippen LogP contribution in [0.1, 0.15) is 30.5 Å². The monoisotopic (exact) mass is 411 g/mol. The molecule has 0 aliphatic rings. The van der Waals surface area contributed by atoms with E-state index < -0.39 is 67.4 Å². The zero-order valence-electron chi connectivity index (χ0n) is 29.1. The average molecular weight is 412 g/mol. The average Bonchev–Trinajstić information content (AvgIpc) is 3.39. The summed E-state index contributed by atoms with van der Waals surface area (Å²) in [6, 6.07) is 10.2. The fourth-order valence-electron chi connectivity index (χ4n) is 4.06. The quantitative estimate of drug-likeness (QED) is 0.275. The van der Waals surface area contributed by atoms with Crippen LogP contribution in [0.15, 0.2) is 103 Å². The van der Waals surface area contributed by atoms with E-state index in [1.54, 1.807) is 42.5 Å². The first-order chi connectivity index (χ1) is 20.6. The molecule has 148 valence electrons. The van der Waals surface area contributed by atoms with E-state index >= 15 is 0 Å². The molecule has 0 atom stereocenters. The lowest BCUT2D eigenvalue weighted by Crippen LogP contribution is -2.03. The number of hydrogen-bond acceptors (Lipinski definition) is 1. The summed E-state index contributed by atoms with van der Waals surface area (Å²) in [6.45, 7) is -3.24. The Labute approximate surface area is 199 Å². The normalized spacial score (nSPS) is 18.4. The fourth-order valence-corrected chi connectivity index (χ4v) is 4.06. The van der Waals surface area contributed by atoms with Crippen molar-refractivity contribution < 1.29 is 17.8 Å². The van der Waals surface area contributed by atoms with Crippen molar-refractivity contribution in [2.45, 2.75) is 13.2 Å². The van der Waals surface area contributed by atoms with Gasteiger partial charge >= 0.3 is 0 Å². The van der Waals surface area contributed by atoms with Crippen molar-refractivity contribution in [3.63, 3.8) is 0 Å². The summed E-state index contributed by atoms with van der Waals surface area (Å²) < 4.78 is 113. The first kappa shape index (κ1) is 9.07. The van der Waals surface area contributed by atoms with E-state index in [0.29, 0.717) is 5.56 Å². The van der Waals surface area contributed by atoms with Crippen molar-refractivity contribution >= 4 is 32.6 Å². The molecule has 5 aromatic carbocycles. The second-order valence-electron chi connectivity index (χ2n) is 6.97. The van der Waals surface area contributed by atoms with Crippen LogP contribution in [0.4, 0.5) is 0 Å². The molecule has 1 heterocycles. The predicted octanol–water partition coefficient (Wildman–Crippen LogP) is 7.56. The van der Waals surface area contributed by atoms with E-state index in [0.717, 1.165) is 4.57 Å². The highest BCUT2D eigenvalue weighted by Crippen LogP contribution is 2.42. The molecular formula is C29H22N2. The minimum Gasteiger partial charge on any atom is -0.295 e. The molecule has 0 spiro atoms. The van der Waals surface area contributed by atoms with Gasteiger partial charge in [0.05, 0.1) is 27.7 Å². The molecule has 0 saturated heterocycles. The standard InChI is InChI=1S/C29H22N2/c1-2-27-30-25-18-10-11-19-26(25)31(27)29-23-16-8-6-14-21(23)28(20-12-4-3-5-13-20)22-15-7-9-17-24(22)29/h3-19H,2H2,1H3/i1D3,2D2,6D,7D,8D,9D,14D,15D,16D,17D. The molecule has 6 aromatic rings.